The quantitative estimate of drug-likeness (QED) is 0.524. The maximum absolute atomic E-state index is 15.4. The van der Waals surface area contributed by atoms with Crippen molar-refractivity contribution in [3.8, 4) is 0 Å². The Labute approximate surface area is 183 Å². The number of carboxylic acids is 1. The lowest BCUT2D eigenvalue weighted by Gasteiger charge is -2.42. The van der Waals surface area contributed by atoms with E-state index in [0.717, 1.165) is 40.8 Å². The summed E-state index contributed by atoms with van der Waals surface area (Å²) in [5.41, 5.74) is 1.18. The number of alkyl halides is 1. The van der Waals surface area contributed by atoms with E-state index in [1.807, 2.05) is 36.1 Å². The molecule has 7 heteroatoms. The van der Waals surface area contributed by atoms with Gasteiger partial charge in [0, 0.05) is 40.8 Å². The van der Waals surface area contributed by atoms with Crippen LogP contribution in [0.25, 0.3) is 17.0 Å². The Kier molecular flexibility index (Phi) is 4.89. The lowest BCUT2D eigenvalue weighted by Crippen LogP contribution is -2.46. The highest BCUT2D eigenvalue weighted by Gasteiger charge is 2.49. The molecule has 1 aliphatic carbocycles. The van der Waals surface area contributed by atoms with Gasteiger partial charge in [0.2, 0.25) is 0 Å². The lowest BCUT2D eigenvalue weighted by atomic mass is 9.87. The first-order valence-corrected chi connectivity index (χ1v) is 10.7. The summed E-state index contributed by atoms with van der Waals surface area (Å²) >= 11 is 0. The number of rotatable bonds is 5. The number of aliphatic carboxylic acids is 1. The van der Waals surface area contributed by atoms with Crippen LogP contribution < -0.4 is 0 Å². The summed E-state index contributed by atoms with van der Waals surface area (Å²) in [7, 11) is 0. The van der Waals surface area contributed by atoms with Crippen molar-refractivity contribution in [1.29, 1.82) is 0 Å². The number of nitrogens with zero attached hydrogens (tertiary/aromatic N) is 1. The van der Waals surface area contributed by atoms with E-state index in [-0.39, 0.29) is 23.7 Å². The first kappa shape index (κ1) is 20.8. The molecule has 2 aliphatic rings. The van der Waals surface area contributed by atoms with E-state index in [1.165, 1.54) is 0 Å². The molecule has 2 aromatic carbocycles. The third kappa shape index (κ3) is 3.60. The van der Waals surface area contributed by atoms with E-state index in [9.17, 15) is 9.18 Å². The van der Waals surface area contributed by atoms with Crippen LogP contribution in [0.1, 0.15) is 48.2 Å². The van der Waals surface area contributed by atoms with Gasteiger partial charge in [0.15, 0.2) is 0 Å². The number of H-pyrrole nitrogens is 1. The molecule has 2 atom stereocenters. The second-order valence-electron chi connectivity index (χ2n) is 8.91. The van der Waals surface area contributed by atoms with Crippen molar-refractivity contribution < 1.29 is 23.1 Å². The number of aromatic amines is 1. The molecule has 4 nitrogen and oxygen atoms in total. The smallest absolute Gasteiger partial charge is 0.328 e. The van der Waals surface area contributed by atoms with Crippen LogP contribution in [0, 0.1) is 11.6 Å². The first-order valence-electron chi connectivity index (χ1n) is 10.7. The second-order valence-corrected chi connectivity index (χ2v) is 8.91. The number of benzene rings is 2. The minimum absolute atomic E-state index is 0.104. The molecule has 2 heterocycles. The van der Waals surface area contributed by atoms with E-state index < -0.39 is 29.3 Å². The Hall–Kier alpha value is -3.06. The molecule has 2 unspecified atom stereocenters. The van der Waals surface area contributed by atoms with Gasteiger partial charge in [-0.1, -0.05) is 18.2 Å². The van der Waals surface area contributed by atoms with E-state index in [2.05, 4.69) is 4.98 Å². The van der Waals surface area contributed by atoms with Gasteiger partial charge in [0.05, 0.1) is 6.04 Å². The Morgan fingerprint density at radius 3 is 2.59 bits per heavy atom. The zero-order valence-corrected chi connectivity index (χ0v) is 17.5. The number of carbonyl (C=O) groups is 1. The van der Waals surface area contributed by atoms with Gasteiger partial charge in [-0.25, -0.2) is 18.0 Å². The van der Waals surface area contributed by atoms with E-state index in [4.69, 9.17) is 5.11 Å². The largest absolute Gasteiger partial charge is 0.478 e. The number of fused-ring (bicyclic) bond motifs is 3. The van der Waals surface area contributed by atoms with Crippen molar-refractivity contribution in [2.24, 2.45) is 0 Å². The summed E-state index contributed by atoms with van der Waals surface area (Å²) < 4.78 is 45.6. The number of halogens is 3. The van der Waals surface area contributed by atoms with Gasteiger partial charge in [-0.15, -0.1) is 0 Å². The van der Waals surface area contributed by atoms with Gasteiger partial charge >= 0.3 is 5.97 Å². The van der Waals surface area contributed by atoms with Crippen LogP contribution in [0.5, 0.6) is 0 Å². The van der Waals surface area contributed by atoms with Crippen molar-refractivity contribution in [3.05, 3.63) is 76.5 Å². The van der Waals surface area contributed by atoms with Gasteiger partial charge in [0.25, 0.3) is 0 Å². The fraction of sp³-hybridized carbons (Fsp3) is 0.320. The highest BCUT2D eigenvalue weighted by Crippen LogP contribution is 2.47. The summed E-state index contributed by atoms with van der Waals surface area (Å²) in [6.07, 6.45) is 3.53. The summed E-state index contributed by atoms with van der Waals surface area (Å²) in [5, 5.41) is 9.81. The van der Waals surface area contributed by atoms with Crippen molar-refractivity contribution in [3.63, 3.8) is 0 Å². The van der Waals surface area contributed by atoms with Crippen molar-refractivity contribution >= 4 is 22.9 Å². The number of aromatic nitrogens is 1. The zero-order valence-electron chi connectivity index (χ0n) is 17.5. The molecule has 2 N–H and O–H groups in total. The van der Waals surface area contributed by atoms with Crippen LogP contribution >= 0.6 is 0 Å². The van der Waals surface area contributed by atoms with Gasteiger partial charge in [-0.05, 0) is 61.6 Å². The predicted octanol–water partition coefficient (Wildman–Crippen LogP) is 5.38. The highest BCUT2D eigenvalue weighted by atomic mass is 19.1. The maximum atomic E-state index is 15.4. The van der Waals surface area contributed by atoms with Crippen LogP contribution in [-0.4, -0.2) is 39.2 Å². The normalized spacial score (nSPS) is 22.4. The second kappa shape index (κ2) is 7.52. The van der Waals surface area contributed by atoms with Crippen LogP contribution in [0.3, 0.4) is 0 Å². The topological polar surface area (TPSA) is 56.3 Å². The molecule has 32 heavy (non-hydrogen) atoms. The average Bonchev–Trinajstić information content (AvgIpc) is 3.35. The average molecular weight is 440 g/mol. The molecule has 0 bridgehead atoms. The van der Waals surface area contributed by atoms with Crippen LogP contribution in [-0.2, 0) is 11.2 Å². The van der Waals surface area contributed by atoms with Crippen LogP contribution in [0.2, 0.25) is 0 Å². The number of hydrogen-bond acceptors (Lipinski definition) is 2. The van der Waals surface area contributed by atoms with Crippen molar-refractivity contribution in [1.82, 2.24) is 9.88 Å². The Morgan fingerprint density at radius 1 is 1.25 bits per heavy atom. The van der Waals surface area contributed by atoms with Crippen molar-refractivity contribution in [2.75, 3.05) is 6.54 Å². The van der Waals surface area contributed by atoms with Gasteiger partial charge < -0.3 is 10.1 Å². The summed E-state index contributed by atoms with van der Waals surface area (Å²) in [5.74, 6) is -2.78. The molecular formula is C25H23F3N2O2. The molecule has 5 rings (SSSR count). The molecule has 166 valence electrons. The molecule has 0 amide bonds. The fourth-order valence-electron chi connectivity index (χ4n) is 4.81. The molecule has 1 aliphatic heterocycles. The molecule has 1 aromatic heterocycles. The third-order valence-corrected chi connectivity index (χ3v) is 6.57. The Morgan fingerprint density at radius 2 is 1.94 bits per heavy atom. The molecule has 1 fully saturated rings. The highest BCUT2D eigenvalue weighted by molar-refractivity contribution is 5.86. The lowest BCUT2D eigenvalue weighted by molar-refractivity contribution is -0.131. The molecular weight excluding hydrogens is 417 g/mol. The van der Waals surface area contributed by atoms with Crippen molar-refractivity contribution in [2.45, 2.75) is 43.9 Å². The molecule has 0 spiro atoms. The number of hydrogen-bond donors (Lipinski definition) is 2. The van der Waals surface area contributed by atoms with Crippen LogP contribution in [0.4, 0.5) is 13.2 Å². The Balaban J connectivity index is 1.68. The fourth-order valence-corrected chi connectivity index (χ4v) is 4.81. The minimum atomic E-state index is -1.33. The standard InChI is InChI=1S/C25H23F3N2O2/c1-14-10-17-16-4-2-3-5-20(16)29-23(17)24(30(14)13-25(28)8-9-25)22-18(26)11-15(12-19(22)27)6-7-21(31)32/h2-7,11-12,14,24,29H,8-10,13H2,1H3,(H,31,32)/b7-6+. The summed E-state index contributed by atoms with van der Waals surface area (Å²) in [4.78, 5) is 16.0. The van der Waals surface area contributed by atoms with E-state index in [0.29, 0.717) is 25.0 Å². The van der Waals surface area contributed by atoms with Crippen LogP contribution in [0.15, 0.2) is 42.5 Å². The SMILES string of the molecule is CC1Cc2c([nH]c3ccccc23)C(c2c(F)cc(/C=C/C(=O)O)cc2F)N1CC1(F)CC1. The number of nitrogens with one attached hydrogen (secondary N) is 1. The first-order chi connectivity index (χ1) is 15.3. The van der Waals surface area contributed by atoms with E-state index in [1.54, 1.807) is 0 Å². The molecule has 3 aromatic rings. The zero-order chi connectivity index (χ0) is 22.6. The number of carboxylic acid groups (broad SMARTS) is 1. The van der Waals surface area contributed by atoms with Gasteiger partial charge in [0.1, 0.15) is 17.3 Å². The predicted molar refractivity (Wildman–Crippen MR) is 116 cm³/mol. The molecule has 0 radical (unpaired) electrons. The molecule has 0 saturated heterocycles. The number of para-hydroxylation sites is 1. The summed E-state index contributed by atoms with van der Waals surface area (Å²) in [6, 6.07) is 9.04. The Bertz CT molecular complexity index is 1220. The summed E-state index contributed by atoms with van der Waals surface area (Å²) in [6.45, 7) is 2.07. The van der Waals surface area contributed by atoms with E-state index >= 15 is 8.78 Å². The monoisotopic (exact) mass is 440 g/mol. The third-order valence-electron chi connectivity index (χ3n) is 6.57. The van der Waals surface area contributed by atoms with Gasteiger partial charge in [-0.2, -0.15) is 0 Å². The minimum Gasteiger partial charge on any atom is -0.478 e. The molecule has 1 saturated carbocycles. The van der Waals surface area contributed by atoms with Gasteiger partial charge in [-0.3, -0.25) is 4.90 Å². The maximum Gasteiger partial charge on any atom is 0.328 e.